The highest BCUT2D eigenvalue weighted by Crippen LogP contribution is 2.38. The largest absolute Gasteiger partial charge is 0.493 e. The van der Waals surface area contributed by atoms with Crippen molar-refractivity contribution >= 4 is 21.8 Å². The van der Waals surface area contributed by atoms with E-state index in [0.717, 1.165) is 15.6 Å². The van der Waals surface area contributed by atoms with Gasteiger partial charge >= 0.3 is 0 Å². The molecule has 29 heavy (non-hydrogen) atoms. The summed E-state index contributed by atoms with van der Waals surface area (Å²) in [5.74, 6) is 2.73. The van der Waals surface area contributed by atoms with E-state index in [2.05, 4.69) is 21.2 Å². The molecule has 0 spiro atoms. The number of rotatable bonds is 10. The number of carbonyl (C=O) groups is 1. The number of benzene rings is 2. The molecule has 1 N–H and O–H groups in total. The summed E-state index contributed by atoms with van der Waals surface area (Å²) in [4.78, 5) is 12.4. The van der Waals surface area contributed by atoms with Crippen LogP contribution in [-0.2, 0) is 17.6 Å². The number of hydrogen-bond acceptors (Lipinski definition) is 6. The van der Waals surface area contributed by atoms with E-state index in [1.165, 1.54) is 0 Å². The predicted molar refractivity (Wildman–Crippen MR) is 114 cm³/mol. The summed E-state index contributed by atoms with van der Waals surface area (Å²) in [7, 11) is 7.81. The van der Waals surface area contributed by atoms with Crippen LogP contribution in [0.3, 0.4) is 0 Å². The summed E-state index contributed by atoms with van der Waals surface area (Å²) in [6, 6.07) is 7.29. The molecule has 1 amide bonds. The van der Waals surface area contributed by atoms with E-state index in [-0.39, 0.29) is 12.3 Å². The lowest BCUT2D eigenvalue weighted by Gasteiger charge is -2.14. The lowest BCUT2D eigenvalue weighted by molar-refractivity contribution is -0.120. The summed E-state index contributed by atoms with van der Waals surface area (Å²) in [5.41, 5.74) is 1.78. The molecule has 2 rings (SSSR count). The summed E-state index contributed by atoms with van der Waals surface area (Å²) >= 11 is 3.53. The van der Waals surface area contributed by atoms with Crippen molar-refractivity contribution in [1.82, 2.24) is 5.32 Å². The van der Waals surface area contributed by atoms with Crippen LogP contribution in [0.15, 0.2) is 28.7 Å². The third-order valence-corrected chi connectivity index (χ3v) is 5.10. The van der Waals surface area contributed by atoms with Crippen LogP contribution >= 0.6 is 15.9 Å². The Morgan fingerprint density at radius 2 is 1.38 bits per heavy atom. The molecule has 0 aliphatic rings. The minimum Gasteiger partial charge on any atom is -0.493 e. The first-order valence-electron chi connectivity index (χ1n) is 8.93. The number of amides is 1. The number of nitrogens with one attached hydrogen (secondary N) is 1. The van der Waals surface area contributed by atoms with Gasteiger partial charge in [0.1, 0.15) is 0 Å². The SMILES string of the molecule is COc1cc(Br)c(CCNC(=O)Cc2cc(OC)c(OC)c(OC)c2)cc1OC. The molecule has 2 aromatic rings. The molecule has 0 fully saturated rings. The van der Waals surface area contributed by atoms with Crippen LogP contribution in [0.25, 0.3) is 0 Å². The molecule has 2 aromatic carbocycles. The van der Waals surface area contributed by atoms with Gasteiger partial charge < -0.3 is 29.0 Å². The van der Waals surface area contributed by atoms with E-state index in [9.17, 15) is 4.79 Å². The monoisotopic (exact) mass is 467 g/mol. The Morgan fingerprint density at radius 1 is 0.828 bits per heavy atom. The zero-order valence-electron chi connectivity index (χ0n) is 17.3. The van der Waals surface area contributed by atoms with Crippen molar-refractivity contribution in [2.45, 2.75) is 12.8 Å². The van der Waals surface area contributed by atoms with Crippen LogP contribution in [0.4, 0.5) is 0 Å². The van der Waals surface area contributed by atoms with Crippen molar-refractivity contribution in [3.05, 3.63) is 39.9 Å². The number of methoxy groups -OCH3 is 5. The van der Waals surface area contributed by atoms with Gasteiger partial charge in [-0.25, -0.2) is 0 Å². The molecule has 0 saturated heterocycles. The Labute approximate surface area is 179 Å². The van der Waals surface area contributed by atoms with E-state index in [0.29, 0.717) is 41.7 Å². The van der Waals surface area contributed by atoms with Crippen molar-refractivity contribution in [3.63, 3.8) is 0 Å². The highest BCUT2D eigenvalue weighted by molar-refractivity contribution is 9.10. The summed E-state index contributed by atoms with van der Waals surface area (Å²) in [5, 5.41) is 2.93. The zero-order chi connectivity index (χ0) is 21.4. The van der Waals surface area contributed by atoms with Crippen LogP contribution in [0.5, 0.6) is 28.7 Å². The highest BCUT2D eigenvalue weighted by atomic mass is 79.9. The third kappa shape index (κ3) is 5.69. The summed E-state index contributed by atoms with van der Waals surface area (Å²) in [6.07, 6.45) is 0.839. The van der Waals surface area contributed by atoms with Crippen LogP contribution in [-0.4, -0.2) is 48.0 Å². The molecule has 0 aromatic heterocycles. The fourth-order valence-corrected chi connectivity index (χ4v) is 3.43. The fraction of sp³-hybridized carbons (Fsp3) is 0.381. The Kier molecular flexibility index (Phi) is 8.45. The van der Waals surface area contributed by atoms with E-state index in [1.807, 2.05) is 12.1 Å². The first-order valence-corrected chi connectivity index (χ1v) is 9.72. The Morgan fingerprint density at radius 3 is 1.90 bits per heavy atom. The number of halogens is 1. The van der Waals surface area contributed by atoms with Crippen molar-refractivity contribution in [2.24, 2.45) is 0 Å². The Hall–Kier alpha value is -2.61. The molecule has 0 atom stereocenters. The lowest BCUT2D eigenvalue weighted by Crippen LogP contribution is -2.27. The van der Waals surface area contributed by atoms with E-state index < -0.39 is 0 Å². The second-order valence-corrected chi connectivity index (χ2v) is 6.96. The van der Waals surface area contributed by atoms with Crippen molar-refractivity contribution in [2.75, 3.05) is 42.1 Å². The Bertz CT molecular complexity index is 830. The van der Waals surface area contributed by atoms with Crippen molar-refractivity contribution < 1.29 is 28.5 Å². The van der Waals surface area contributed by atoms with E-state index in [1.54, 1.807) is 47.7 Å². The Balaban J connectivity index is 2.01. The lowest BCUT2D eigenvalue weighted by atomic mass is 10.1. The molecule has 0 saturated carbocycles. The maximum absolute atomic E-state index is 12.4. The van der Waals surface area contributed by atoms with Crippen LogP contribution in [0.1, 0.15) is 11.1 Å². The van der Waals surface area contributed by atoms with Gasteiger partial charge in [-0.3, -0.25) is 4.79 Å². The quantitative estimate of drug-likeness (QED) is 0.576. The van der Waals surface area contributed by atoms with Crippen LogP contribution < -0.4 is 29.0 Å². The molecule has 0 heterocycles. The molecule has 0 unspecified atom stereocenters. The van der Waals surface area contributed by atoms with Gasteiger partial charge in [-0.15, -0.1) is 0 Å². The molecule has 0 radical (unpaired) electrons. The molecular weight excluding hydrogens is 442 g/mol. The van der Waals surface area contributed by atoms with E-state index >= 15 is 0 Å². The van der Waals surface area contributed by atoms with Gasteiger partial charge in [-0.2, -0.15) is 0 Å². The predicted octanol–water partition coefficient (Wildman–Crippen LogP) is 3.39. The standard InChI is InChI=1S/C21H26BrNO6/c1-25-16-11-14(15(22)12-17(16)26-2)6-7-23-20(24)10-13-8-18(27-3)21(29-5)19(9-13)28-4/h8-9,11-12H,6-7,10H2,1-5H3,(H,23,24). The van der Waals surface area contributed by atoms with Gasteiger partial charge in [0.2, 0.25) is 11.7 Å². The van der Waals surface area contributed by atoms with Crippen molar-refractivity contribution in [1.29, 1.82) is 0 Å². The average molecular weight is 468 g/mol. The topological polar surface area (TPSA) is 75.3 Å². The number of carbonyl (C=O) groups excluding carboxylic acids is 1. The summed E-state index contributed by atoms with van der Waals surface area (Å²) in [6.45, 7) is 0.483. The second-order valence-electron chi connectivity index (χ2n) is 6.11. The van der Waals surface area contributed by atoms with Crippen LogP contribution in [0, 0.1) is 0 Å². The van der Waals surface area contributed by atoms with Gasteiger partial charge in [-0.1, -0.05) is 15.9 Å². The van der Waals surface area contributed by atoms with Gasteiger partial charge in [0.15, 0.2) is 23.0 Å². The van der Waals surface area contributed by atoms with Gasteiger partial charge in [0.05, 0.1) is 42.0 Å². The average Bonchev–Trinajstić information content (AvgIpc) is 2.73. The van der Waals surface area contributed by atoms with Gasteiger partial charge in [0, 0.05) is 11.0 Å². The summed E-state index contributed by atoms with van der Waals surface area (Å²) < 4.78 is 27.5. The maximum atomic E-state index is 12.4. The molecular formula is C21H26BrNO6. The first-order chi connectivity index (χ1) is 14.0. The number of hydrogen-bond donors (Lipinski definition) is 1. The normalized spacial score (nSPS) is 10.3. The first kappa shape index (κ1) is 22.7. The molecule has 0 bridgehead atoms. The molecule has 7 nitrogen and oxygen atoms in total. The zero-order valence-corrected chi connectivity index (χ0v) is 18.8. The maximum Gasteiger partial charge on any atom is 0.224 e. The minimum atomic E-state index is -0.101. The van der Waals surface area contributed by atoms with Crippen molar-refractivity contribution in [3.8, 4) is 28.7 Å². The highest BCUT2D eigenvalue weighted by Gasteiger charge is 2.15. The smallest absolute Gasteiger partial charge is 0.224 e. The number of ether oxygens (including phenoxy) is 5. The second kappa shape index (κ2) is 10.8. The molecule has 0 aliphatic carbocycles. The fourth-order valence-electron chi connectivity index (χ4n) is 2.91. The van der Waals surface area contributed by atoms with Gasteiger partial charge in [-0.05, 0) is 41.8 Å². The van der Waals surface area contributed by atoms with Crippen LogP contribution in [0.2, 0.25) is 0 Å². The molecule has 158 valence electrons. The third-order valence-electron chi connectivity index (χ3n) is 4.36. The molecule has 8 heteroatoms. The van der Waals surface area contributed by atoms with E-state index in [4.69, 9.17) is 23.7 Å². The molecule has 0 aliphatic heterocycles. The van der Waals surface area contributed by atoms with Gasteiger partial charge in [0.25, 0.3) is 0 Å². The minimum absolute atomic E-state index is 0.101.